The average Bonchev–Trinajstić information content (AvgIpc) is 2.46. The number of benzene rings is 2. The smallest absolute Gasteiger partial charge is 0.128 e. The molecule has 1 atom stereocenters. The molecule has 2 aromatic carbocycles. The normalized spacial score (nSPS) is 12.4. The lowest BCUT2D eigenvalue weighted by Crippen LogP contribution is -2.18. The van der Waals surface area contributed by atoms with Gasteiger partial charge in [-0.3, -0.25) is 0 Å². The van der Waals surface area contributed by atoms with Crippen LogP contribution >= 0.6 is 0 Å². The predicted molar refractivity (Wildman–Crippen MR) is 74.0 cm³/mol. The van der Waals surface area contributed by atoms with Crippen LogP contribution in [0.1, 0.15) is 29.7 Å². The molecule has 0 saturated heterocycles. The number of halogens is 2. The summed E-state index contributed by atoms with van der Waals surface area (Å²) < 4.78 is 26.4. The van der Waals surface area contributed by atoms with Gasteiger partial charge in [0, 0.05) is 18.2 Å². The number of hydrogen-bond donors (Lipinski definition) is 2. The molecule has 0 heterocycles. The van der Waals surface area contributed by atoms with Crippen molar-refractivity contribution in [3.05, 3.63) is 70.8 Å². The Bertz CT molecular complexity index is 586. The van der Waals surface area contributed by atoms with Gasteiger partial charge in [0.05, 0.1) is 6.61 Å². The van der Waals surface area contributed by atoms with Gasteiger partial charge >= 0.3 is 0 Å². The minimum atomic E-state index is -0.408. The van der Waals surface area contributed by atoms with Crippen LogP contribution in [0.4, 0.5) is 8.78 Å². The first-order valence-electron chi connectivity index (χ1n) is 6.47. The zero-order valence-electron chi connectivity index (χ0n) is 11.2. The first-order valence-corrected chi connectivity index (χ1v) is 6.47. The molecule has 0 bridgehead atoms. The second-order valence-corrected chi connectivity index (χ2v) is 4.74. The SMILES string of the molecule is CC(NCc1ccc(F)c(CO)c1)c1cccc(F)c1. The summed E-state index contributed by atoms with van der Waals surface area (Å²) in [6, 6.07) is 11.0. The van der Waals surface area contributed by atoms with Gasteiger partial charge in [0.2, 0.25) is 0 Å². The topological polar surface area (TPSA) is 32.3 Å². The summed E-state index contributed by atoms with van der Waals surface area (Å²) in [6.45, 7) is 2.13. The molecule has 0 aliphatic rings. The van der Waals surface area contributed by atoms with Crippen molar-refractivity contribution in [2.24, 2.45) is 0 Å². The maximum Gasteiger partial charge on any atom is 0.128 e. The van der Waals surface area contributed by atoms with Crippen LogP contribution in [0, 0.1) is 11.6 Å². The van der Waals surface area contributed by atoms with Gasteiger partial charge in [0.1, 0.15) is 11.6 Å². The van der Waals surface area contributed by atoms with Crippen molar-refractivity contribution >= 4 is 0 Å². The van der Waals surface area contributed by atoms with Crippen molar-refractivity contribution in [2.75, 3.05) is 0 Å². The monoisotopic (exact) mass is 277 g/mol. The summed E-state index contributed by atoms with van der Waals surface area (Å²) in [5.41, 5.74) is 2.01. The molecular formula is C16H17F2NO. The standard InChI is InChI=1S/C16H17F2NO/c1-11(13-3-2-4-15(17)8-13)19-9-12-5-6-16(18)14(7-12)10-20/h2-8,11,19-20H,9-10H2,1H3. The molecular weight excluding hydrogens is 260 g/mol. The minimum Gasteiger partial charge on any atom is -0.392 e. The Labute approximate surface area is 117 Å². The largest absolute Gasteiger partial charge is 0.392 e. The lowest BCUT2D eigenvalue weighted by atomic mass is 10.1. The van der Waals surface area contributed by atoms with E-state index in [0.29, 0.717) is 6.54 Å². The van der Waals surface area contributed by atoms with E-state index in [9.17, 15) is 8.78 Å². The van der Waals surface area contributed by atoms with Crippen LogP contribution in [0.5, 0.6) is 0 Å². The van der Waals surface area contributed by atoms with Crippen LogP contribution < -0.4 is 5.32 Å². The molecule has 106 valence electrons. The molecule has 2 aromatic rings. The van der Waals surface area contributed by atoms with Crippen molar-refractivity contribution in [3.8, 4) is 0 Å². The van der Waals surface area contributed by atoms with Crippen LogP contribution in [0.2, 0.25) is 0 Å². The van der Waals surface area contributed by atoms with Crippen LogP contribution in [-0.4, -0.2) is 5.11 Å². The molecule has 0 aliphatic heterocycles. The first-order chi connectivity index (χ1) is 9.60. The van der Waals surface area contributed by atoms with E-state index < -0.39 is 5.82 Å². The van der Waals surface area contributed by atoms with Crippen LogP contribution in [-0.2, 0) is 13.2 Å². The molecule has 0 aliphatic carbocycles. The molecule has 2 rings (SSSR count). The van der Waals surface area contributed by atoms with Crippen molar-refractivity contribution in [2.45, 2.75) is 26.1 Å². The van der Waals surface area contributed by atoms with E-state index in [1.807, 2.05) is 13.0 Å². The number of rotatable bonds is 5. The summed E-state index contributed by atoms with van der Waals surface area (Å²) in [5.74, 6) is -0.671. The predicted octanol–water partition coefficient (Wildman–Crippen LogP) is 3.31. The van der Waals surface area contributed by atoms with Gasteiger partial charge in [0.25, 0.3) is 0 Å². The Morgan fingerprint density at radius 3 is 2.65 bits per heavy atom. The van der Waals surface area contributed by atoms with Gasteiger partial charge in [-0.05, 0) is 42.3 Å². The molecule has 0 aromatic heterocycles. The number of aliphatic hydroxyl groups is 1. The fraction of sp³-hybridized carbons (Fsp3) is 0.250. The Balaban J connectivity index is 2.01. The molecule has 0 spiro atoms. The summed E-state index contributed by atoms with van der Waals surface area (Å²) >= 11 is 0. The number of hydrogen-bond acceptors (Lipinski definition) is 2. The summed E-state index contributed by atoms with van der Waals surface area (Å²) in [7, 11) is 0. The number of aliphatic hydroxyl groups excluding tert-OH is 1. The number of nitrogens with one attached hydrogen (secondary N) is 1. The maximum absolute atomic E-state index is 13.3. The van der Waals surface area contributed by atoms with E-state index in [0.717, 1.165) is 11.1 Å². The van der Waals surface area contributed by atoms with Gasteiger partial charge in [-0.1, -0.05) is 18.2 Å². The minimum absolute atomic E-state index is 0.0201. The van der Waals surface area contributed by atoms with Crippen molar-refractivity contribution in [1.29, 1.82) is 0 Å². The maximum atomic E-state index is 13.3. The van der Waals surface area contributed by atoms with Crippen molar-refractivity contribution in [1.82, 2.24) is 5.32 Å². The fourth-order valence-electron chi connectivity index (χ4n) is 2.02. The third-order valence-corrected chi connectivity index (χ3v) is 3.24. The van der Waals surface area contributed by atoms with Gasteiger partial charge in [-0.2, -0.15) is 0 Å². The highest BCUT2D eigenvalue weighted by atomic mass is 19.1. The van der Waals surface area contributed by atoms with Gasteiger partial charge in [-0.15, -0.1) is 0 Å². The van der Waals surface area contributed by atoms with E-state index in [1.54, 1.807) is 18.2 Å². The molecule has 20 heavy (non-hydrogen) atoms. The molecule has 0 amide bonds. The van der Waals surface area contributed by atoms with E-state index >= 15 is 0 Å². The summed E-state index contributed by atoms with van der Waals surface area (Å²) in [4.78, 5) is 0. The van der Waals surface area contributed by atoms with E-state index in [2.05, 4.69) is 5.32 Å². The van der Waals surface area contributed by atoms with Crippen LogP contribution in [0.3, 0.4) is 0 Å². The molecule has 2 nitrogen and oxygen atoms in total. The molecule has 1 unspecified atom stereocenters. The van der Waals surface area contributed by atoms with Gasteiger partial charge in [0.15, 0.2) is 0 Å². The first kappa shape index (κ1) is 14.6. The molecule has 2 N–H and O–H groups in total. The fourth-order valence-corrected chi connectivity index (χ4v) is 2.02. The Morgan fingerprint density at radius 1 is 1.15 bits per heavy atom. The second kappa shape index (κ2) is 6.59. The van der Waals surface area contributed by atoms with Crippen molar-refractivity contribution in [3.63, 3.8) is 0 Å². The van der Waals surface area contributed by atoms with E-state index in [4.69, 9.17) is 5.11 Å². The quantitative estimate of drug-likeness (QED) is 0.879. The third kappa shape index (κ3) is 3.62. The summed E-state index contributed by atoms with van der Waals surface area (Å²) in [6.07, 6.45) is 0. The molecule has 0 radical (unpaired) electrons. The lowest BCUT2D eigenvalue weighted by Gasteiger charge is -2.15. The third-order valence-electron chi connectivity index (χ3n) is 3.24. The Hall–Kier alpha value is -1.78. The highest BCUT2D eigenvalue weighted by Gasteiger charge is 2.07. The van der Waals surface area contributed by atoms with Gasteiger partial charge < -0.3 is 10.4 Å². The highest BCUT2D eigenvalue weighted by Crippen LogP contribution is 2.15. The Kier molecular flexibility index (Phi) is 4.82. The zero-order chi connectivity index (χ0) is 14.5. The van der Waals surface area contributed by atoms with E-state index in [1.165, 1.54) is 18.2 Å². The highest BCUT2D eigenvalue weighted by molar-refractivity contribution is 5.25. The molecule has 4 heteroatoms. The van der Waals surface area contributed by atoms with E-state index in [-0.39, 0.29) is 24.0 Å². The molecule has 0 saturated carbocycles. The zero-order valence-corrected chi connectivity index (χ0v) is 11.2. The lowest BCUT2D eigenvalue weighted by molar-refractivity contribution is 0.275. The van der Waals surface area contributed by atoms with Crippen LogP contribution in [0.25, 0.3) is 0 Å². The van der Waals surface area contributed by atoms with Crippen molar-refractivity contribution < 1.29 is 13.9 Å². The average molecular weight is 277 g/mol. The second-order valence-electron chi connectivity index (χ2n) is 4.74. The summed E-state index contributed by atoms with van der Waals surface area (Å²) in [5, 5.41) is 12.3. The molecule has 0 fully saturated rings. The van der Waals surface area contributed by atoms with Gasteiger partial charge in [-0.25, -0.2) is 8.78 Å². The Morgan fingerprint density at radius 2 is 1.95 bits per heavy atom. The van der Waals surface area contributed by atoms with Crippen LogP contribution in [0.15, 0.2) is 42.5 Å².